The van der Waals surface area contributed by atoms with E-state index in [1.165, 1.54) is 4.90 Å². The van der Waals surface area contributed by atoms with E-state index < -0.39 is 18.6 Å². The van der Waals surface area contributed by atoms with Crippen molar-refractivity contribution >= 4 is 35.8 Å². The molecule has 32 heavy (non-hydrogen) atoms. The van der Waals surface area contributed by atoms with E-state index in [1.807, 2.05) is 25.1 Å². The first-order valence-electron chi connectivity index (χ1n) is 10.6. The van der Waals surface area contributed by atoms with E-state index in [2.05, 4.69) is 15.6 Å². The standard InChI is InChI=1S/C21H32F3N5O2.HI/c1-2-26-20(28-13-17-4-3-5-18(12-17)31-14-19(25)30)27-9-6-16-7-10-29(11-8-16)15-21(22,23)24;/h3-5,12,16H,2,6-11,13-15H2,1H3,(H2,25,30)(H2,26,27,28);1H. The Labute approximate surface area is 204 Å². The summed E-state index contributed by atoms with van der Waals surface area (Å²) in [5.41, 5.74) is 6.02. The molecule has 0 bridgehead atoms. The summed E-state index contributed by atoms with van der Waals surface area (Å²) in [5.74, 6) is 1.12. The molecule has 1 aromatic rings. The second-order valence-electron chi connectivity index (χ2n) is 7.65. The van der Waals surface area contributed by atoms with Gasteiger partial charge >= 0.3 is 6.18 Å². The number of halogens is 4. The van der Waals surface area contributed by atoms with Gasteiger partial charge in [-0.3, -0.25) is 9.69 Å². The zero-order valence-corrected chi connectivity index (χ0v) is 20.6. The molecule has 1 fully saturated rings. The number of rotatable bonds is 10. The number of hydrogen-bond donors (Lipinski definition) is 3. The lowest BCUT2D eigenvalue weighted by Crippen LogP contribution is -2.41. The van der Waals surface area contributed by atoms with Crippen LogP contribution in [-0.2, 0) is 11.3 Å². The van der Waals surface area contributed by atoms with Crippen LogP contribution in [0, 0.1) is 5.92 Å². The highest BCUT2D eigenvalue weighted by Crippen LogP contribution is 2.24. The third-order valence-electron chi connectivity index (χ3n) is 5.00. The van der Waals surface area contributed by atoms with Crippen LogP contribution in [-0.4, -0.2) is 62.3 Å². The average Bonchev–Trinajstić information content (AvgIpc) is 2.71. The zero-order valence-electron chi connectivity index (χ0n) is 18.3. The molecule has 0 radical (unpaired) electrons. The molecule has 1 saturated heterocycles. The number of carbonyl (C=O) groups is 1. The molecular weight excluding hydrogens is 538 g/mol. The number of nitrogens with one attached hydrogen (secondary N) is 2. The molecule has 1 heterocycles. The van der Waals surface area contributed by atoms with Gasteiger partial charge in [-0.25, -0.2) is 4.99 Å². The molecule has 0 atom stereocenters. The highest BCUT2D eigenvalue weighted by atomic mass is 127. The first-order valence-corrected chi connectivity index (χ1v) is 10.6. The Morgan fingerprint density at radius 3 is 2.62 bits per heavy atom. The zero-order chi connectivity index (χ0) is 22.7. The number of likely N-dealkylation sites (tertiary alicyclic amines) is 1. The normalized spacial score (nSPS) is 15.7. The van der Waals surface area contributed by atoms with Gasteiger partial charge in [0, 0.05) is 13.1 Å². The third kappa shape index (κ3) is 11.7. The number of alkyl halides is 3. The lowest BCUT2D eigenvalue weighted by Gasteiger charge is -2.32. The summed E-state index contributed by atoms with van der Waals surface area (Å²) in [6.07, 6.45) is -1.67. The van der Waals surface area contributed by atoms with Gasteiger partial charge in [-0.05, 0) is 62.9 Å². The Morgan fingerprint density at radius 1 is 1.28 bits per heavy atom. The molecule has 0 saturated carbocycles. The molecule has 0 aromatic heterocycles. The number of benzene rings is 1. The van der Waals surface area contributed by atoms with Crippen molar-refractivity contribution in [3.63, 3.8) is 0 Å². The summed E-state index contributed by atoms with van der Waals surface area (Å²) >= 11 is 0. The van der Waals surface area contributed by atoms with E-state index in [4.69, 9.17) is 10.5 Å². The van der Waals surface area contributed by atoms with E-state index in [1.54, 1.807) is 6.07 Å². The maximum atomic E-state index is 12.5. The number of primary amides is 1. The van der Waals surface area contributed by atoms with E-state index in [-0.39, 0.29) is 30.6 Å². The monoisotopic (exact) mass is 571 g/mol. The van der Waals surface area contributed by atoms with Crippen molar-refractivity contribution in [1.29, 1.82) is 0 Å². The smallest absolute Gasteiger partial charge is 0.401 e. The maximum absolute atomic E-state index is 12.5. The molecule has 0 aliphatic carbocycles. The van der Waals surface area contributed by atoms with Crippen LogP contribution < -0.4 is 21.1 Å². The molecule has 11 heteroatoms. The molecule has 0 spiro atoms. The van der Waals surface area contributed by atoms with Crippen molar-refractivity contribution in [3.05, 3.63) is 29.8 Å². The minimum atomic E-state index is -4.13. The number of amides is 1. The van der Waals surface area contributed by atoms with Gasteiger partial charge in [0.15, 0.2) is 12.6 Å². The number of carbonyl (C=O) groups excluding carboxylic acids is 1. The fourth-order valence-corrected chi connectivity index (χ4v) is 3.48. The van der Waals surface area contributed by atoms with Crippen LogP contribution in [0.25, 0.3) is 0 Å². The van der Waals surface area contributed by atoms with E-state index in [0.717, 1.165) is 24.8 Å². The topological polar surface area (TPSA) is 92.0 Å². The van der Waals surface area contributed by atoms with Crippen molar-refractivity contribution in [2.45, 2.75) is 38.9 Å². The van der Waals surface area contributed by atoms with Crippen LogP contribution in [0.3, 0.4) is 0 Å². The van der Waals surface area contributed by atoms with Crippen LogP contribution in [0.15, 0.2) is 29.3 Å². The summed E-state index contributed by atoms with van der Waals surface area (Å²) in [4.78, 5) is 16.9. The van der Waals surface area contributed by atoms with Gasteiger partial charge in [0.05, 0.1) is 13.1 Å². The van der Waals surface area contributed by atoms with Crippen molar-refractivity contribution in [3.8, 4) is 5.75 Å². The van der Waals surface area contributed by atoms with Crippen LogP contribution in [0.1, 0.15) is 31.7 Å². The number of nitrogens with zero attached hydrogens (tertiary/aromatic N) is 2. The molecule has 1 aliphatic heterocycles. The lowest BCUT2D eigenvalue weighted by molar-refractivity contribution is -0.148. The molecule has 1 aliphatic rings. The van der Waals surface area contributed by atoms with Crippen LogP contribution in [0.4, 0.5) is 13.2 Å². The van der Waals surface area contributed by atoms with Crippen molar-refractivity contribution in [2.24, 2.45) is 16.6 Å². The van der Waals surface area contributed by atoms with Gasteiger partial charge in [0.1, 0.15) is 5.75 Å². The Balaban J connectivity index is 0.00000512. The van der Waals surface area contributed by atoms with Gasteiger partial charge < -0.3 is 21.1 Å². The van der Waals surface area contributed by atoms with Gasteiger partial charge in [-0.15, -0.1) is 24.0 Å². The van der Waals surface area contributed by atoms with Crippen molar-refractivity contribution < 1.29 is 22.7 Å². The molecule has 2 rings (SSSR count). The van der Waals surface area contributed by atoms with Crippen LogP contribution >= 0.6 is 24.0 Å². The first-order chi connectivity index (χ1) is 14.7. The van der Waals surface area contributed by atoms with E-state index >= 15 is 0 Å². The molecule has 1 aromatic carbocycles. The Kier molecular flexibility index (Phi) is 12.7. The predicted octanol–water partition coefficient (Wildman–Crippen LogP) is 2.89. The molecule has 182 valence electrons. The number of aliphatic imine (C=N–C) groups is 1. The van der Waals surface area contributed by atoms with Crippen molar-refractivity contribution in [2.75, 3.05) is 39.3 Å². The van der Waals surface area contributed by atoms with Gasteiger partial charge in [0.25, 0.3) is 5.91 Å². The van der Waals surface area contributed by atoms with E-state index in [0.29, 0.717) is 50.4 Å². The summed E-state index contributed by atoms with van der Waals surface area (Å²) in [6.45, 7) is 3.82. The average molecular weight is 571 g/mol. The molecular formula is C21H33F3IN5O2. The van der Waals surface area contributed by atoms with Gasteiger partial charge in [0.2, 0.25) is 0 Å². The number of guanidine groups is 1. The fourth-order valence-electron chi connectivity index (χ4n) is 3.48. The van der Waals surface area contributed by atoms with Gasteiger partial charge in [-0.2, -0.15) is 13.2 Å². The lowest BCUT2D eigenvalue weighted by atomic mass is 9.93. The Bertz CT molecular complexity index is 726. The molecule has 4 N–H and O–H groups in total. The predicted molar refractivity (Wildman–Crippen MR) is 129 cm³/mol. The van der Waals surface area contributed by atoms with E-state index in [9.17, 15) is 18.0 Å². The Morgan fingerprint density at radius 2 is 2.00 bits per heavy atom. The number of hydrogen-bond acceptors (Lipinski definition) is 4. The van der Waals surface area contributed by atoms with Crippen LogP contribution in [0.5, 0.6) is 5.75 Å². The second-order valence-corrected chi connectivity index (χ2v) is 7.65. The van der Waals surface area contributed by atoms with Crippen molar-refractivity contribution in [1.82, 2.24) is 15.5 Å². The first kappa shape index (κ1) is 28.3. The largest absolute Gasteiger partial charge is 0.484 e. The summed E-state index contributed by atoms with van der Waals surface area (Å²) < 4.78 is 42.8. The minimum absolute atomic E-state index is 0. The van der Waals surface area contributed by atoms with Gasteiger partial charge in [-0.1, -0.05) is 12.1 Å². The molecule has 7 nitrogen and oxygen atoms in total. The Hall–Kier alpha value is -1.76. The summed E-state index contributed by atoms with van der Waals surface area (Å²) in [5, 5.41) is 6.49. The SMILES string of the molecule is CCNC(=NCc1cccc(OCC(N)=O)c1)NCCC1CCN(CC(F)(F)F)CC1.I. The number of piperidine rings is 1. The molecule has 0 unspecified atom stereocenters. The quantitative estimate of drug-likeness (QED) is 0.228. The minimum Gasteiger partial charge on any atom is -0.484 e. The van der Waals surface area contributed by atoms with Crippen LogP contribution in [0.2, 0.25) is 0 Å². The molecule has 1 amide bonds. The maximum Gasteiger partial charge on any atom is 0.401 e. The fraction of sp³-hybridized carbons (Fsp3) is 0.619. The highest BCUT2D eigenvalue weighted by Gasteiger charge is 2.32. The number of ether oxygens (including phenoxy) is 1. The third-order valence-corrected chi connectivity index (χ3v) is 5.00. The summed E-state index contributed by atoms with van der Waals surface area (Å²) in [6, 6.07) is 7.30. The number of nitrogens with two attached hydrogens (primary N) is 1. The second kappa shape index (κ2) is 14.4. The highest BCUT2D eigenvalue weighted by molar-refractivity contribution is 14.0. The summed E-state index contributed by atoms with van der Waals surface area (Å²) in [7, 11) is 0.